The number of aromatic nitrogens is 3. The smallest absolute Gasteiger partial charge is 0.220 e. The fraction of sp³-hybridized carbons (Fsp3) is 0.200. The molecule has 0 saturated heterocycles. The molecule has 0 aliphatic carbocycles. The molecule has 0 unspecified atom stereocenters. The summed E-state index contributed by atoms with van der Waals surface area (Å²) in [5, 5.41) is 21.1. The Labute approximate surface area is 217 Å². The van der Waals surface area contributed by atoms with Crippen molar-refractivity contribution < 1.29 is 9.66 Å². The van der Waals surface area contributed by atoms with Crippen molar-refractivity contribution in [3.8, 4) is 11.4 Å². The second kappa shape index (κ2) is 11.1. The van der Waals surface area contributed by atoms with E-state index >= 15 is 0 Å². The first-order valence-corrected chi connectivity index (χ1v) is 12.4. The van der Waals surface area contributed by atoms with Crippen molar-refractivity contribution in [1.29, 1.82) is 0 Å². The van der Waals surface area contributed by atoms with Crippen LogP contribution < -0.4 is 4.74 Å². The van der Waals surface area contributed by atoms with Gasteiger partial charge in [0.2, 0.25) is 6.54 Å². The molecule has 0 aliphatic rings. The van der Waals surface area contributed by atoms with E-state index in [1.807, 2.05) is 60.9 Å². The van der Waals surface area contributed by atoms with Crippen molar-refractivity contribution in [1.82, 2.24) is 14.8 Å². The van der Waals surface area contributed by atoms with E-state index in [1.54, 1.807) is 24.3 Å². The summed E-state index contributed by atoms with van der Waals surface area (Å²) in [7, 11) is 0. The van der Waals surface area contributed by atoms with Crippen LogP contribution in [0.25, 0.3) is 5.69 Å². The van der Waals surface area contributed by atoms with E-state index in [4.69, 9.17) is 27.9 Å². The van der Waals surface area contributed by atoms with E-state index in [0.29, 0.717) is 33.4 Å². The minimum atomic E-state index is -0.457. The molecule has 1 heterocycles. The van der Waals surface area contributed by atoms with Gasteiger partial charge in [0.1, 0.15) is 23.4 Å². The van der Waals surface area contributed by atoms with E-state index in [0.717, 1.165) is 22.4 Å². The Morgan fingerprint density at radius 2 is 1.80 bits per heavy atom. The third-order valence-electron chi connectivity index (χ3n) is 5.26. The predicted octanol–water partition coefficient (Wildman–Crippen LogP) is 6.88. The molecule has 0 saturated carbocycles. The highest BCUT2D eigenvalue weighted by molar-refractivity contribution is 7.99. The van der Waals surface area contributed by atoms with Crippen LogP contribution in [-0.2, 0) is 6.61 Å². The first-order valence-electron chi connectivity index (χ1n) is 10.7. The van der Waals surface area contributed by atoms with Crippen molar-refractivity contribution in [2.24, 2.45) is 0 Å². The number of hydrogen-bond acceptors (Lipinski definition) is 6. The topological polar surface area (TPSA) is 83.1 Å². The second-order valence-electron chi connectivity index (χ2n) is 7.93. The molecule has 0 amide bonds. The monoisotopic (exact) mass is 528 g/mol. The molecule has 3 aromatic carbocycles. The zero-order valence-electron chi connectivity index (χ0n) is 19.0. The molecule has 0 spiro atoms. The second-order valence-corrected chi connectivity index (χ2v) is 9.92. The van der Waals surface area contributed by atoms with Gasteiger partial charge in [0, 0.05) is 10.6 Å². The number of halogens is 2. The normalized spacial score (nSPS) is 11.9. The SMILES string of the molecule is Cc1cccc(-n2c(C)nnc2S[C@H](C[N+](=O)[O-])c2ccc(OCc3ccc(Cl)c(Cl)c3)cc2)c1. The Morgan fingerprint density at radius 3 is 2.49 bits per heavy atom. The molecule has 7 nitrogen and oxygen atoms in total. The highest BCUT2D eigenvalue weighted by atomic mass is 35.5. The van der Waals surface area contributed by atoms with Gasteiger partial charge in [0.15, 0.2) is 5.16 Å². The first kappa shape index (κ1) is 25.0. The third kappa shape index (κ3) is 6.33. The van der Waals surface area contributed by atoms with Crippen molar-refractivity contribution in [3.05, 3.63) is 109 Å². The predicted molar refractivity (Wildman–Crippen MR) is 139 cm³/mol. The van der Waals surface area contributed by atoms with Crippen LogP contribution in [0, 0.1) is 24.0 Å². The van der Waals surface area contributed by atoms with Crippen molar-refractivity contribution >= 4 is 35.0 Å². The molecule has 4 aromatic rings. The molecular weight excluding hydrogens is 507 g/mol. The molecule has 0 N–H and O–H groups in total. The van der Waals surface area contributed by atoms with Crippen LogP contribution in [0.15, 0.2) is 71.9 Å². The van der Waals surface area contributed by atoms with E-state index in [-0.39, 0.29) is 11.5 Å². The highest BCUT2D eigenvalue weighted by Crippen LogP contribution is 2.36. The Morgan fingerprint density at radius 1 is 1.03 bits per heavy atom. The standard InChI is InChI=1S/C25H22Cl2N4O3S/c1-16-4-3-5-20(12-16)31-17(2)28-29-25(31)35-24(14-30(32)33)19-7-9-21(10-8-19)34-15-18-6-11-22(26)23(27)13-18/h3-13,24H,14-15H2,1-2H3/t24-/m1/s1. The van der Waals surface area contributed by atoms with E-state index < -0.39 is 5.25 Å². The average molecular weight is 529 g/mol. The maximum atomic E-state index is 11.5. The molecule has 4 rings (SSSR count). The summed E-state index contributed by atoms with van der Waals surface area (Å²) >= 11 is 13.3. The molecule has 1 aromatic heterocycles. The van der Waals surface area contributed by atoms with Gasteiger partial charge < -0.3 is 4.74 Å². The lowest BCUT2D eigenvalue weighted by atomic mass is 10.1. The summed E-state index contributed by atoms with van der Waals surface area (Å²) in [6.07, 6.45) is 0. The van der Waals surface area contributed by atoms with E-state index in [9.17, 15) is 10.1 Å². The number of rotatable bonds is 9. The number of aryl methyl sites for hydroxylation is 2. The molecule has 0 fully saturated rings. The fourth-order valence-corrected chi connectivity index (χ4v) is 5.03. The number of benzene rings is 3. The maximum absolute atomic E-state index is 11.5. The molecule has 35 heavy (non-hydrogen) atoms. The van der Waals surface area contributed by atoms with Gasteiger partial charge in [-0.25, -0.2) is 0 Å². The maximum Gasteiger partial charge on any atom is 0.220 e. The van der Waals surface area contributed by atoms with Crippen LogP contribution in [0.5, 0.6) is 5.75 Å². The van der Waals surface area contributed by atoms with E-state index in [1.165, 1.54) is 11.8 Å². The summed E-state index contributed by atoms with van der Waals surface area (Å²) < 4.78 is 7.76. The summed E-state index contributed by atoms with van der Waals surface area (Å²) in [6, 6.07) is 20.6. The number of hydrogen-bond donors (Lipinski definition) is 0. The van der Waals surface area contributed by atoms with Crippen LogP contribution in [-0.4, -0.2) is 26.2 Å². The molecular formula is C25H22Cl2N4O3S. The molecule has 0 aliphatic heterocycles. The molecule has 180 valence electrons. The van der Waals surface area contributed by atoms with Gasteiger partial charge in [-0.1, -0.05) is 65.3 Å². The van der Waals surface area contributed by atoms with Crippen molar-refractivity contribution in [2.45, 2.75) is 30.9 Å². The Kier molecular flexibility index (Phi) is 7.95. The van der Waals surface area contributed by atoms with Crippen molar-refractivity contribution in [3.63, 3.8) is 0 Å². The summed E-state index contributed by atoms with van der Waals surface area (Å²) in [4.78, 5) is 11.1. The zero-order valence-corrected chi connectivity index (χ0v) is 21.3. The fourth-order valence-electron chi connectivity index (χ4n) is 3.53. The highest BCUT2D eigenvalue weighted by Gasteiger charge is 2.24. The van der Waals surface area contributed by atoms with Gasteiger partial charge >= 0.3 is 0 Å². The van der Waals surface area contributed by atoms with Crippen molar-refractivity contribution in [2.75, 3.05) is 6.54 Å². The summed E-state index contributed by atoms with van der Waals surface area (Å²) in [5.41, 5.74) is 3.70. The average Bonchev–Trinajstić information content (AvgIpc) is 3.19. The lowest BCUT2D eigenvalue weighted by Gasteiger charge is -2.15. The van der Waals surface area contributed by atoms with Gasteiger partial charge in [-0.15, -0.1) is 10.2 Å². The summed E-state index contributed by atoms with van der Waals surface area (Å²) in [5.74, 6) is 1.35. The van der Waals surface area contributed by atoms with Gasteiger partial charge in [-0.05, 0) is 66.9 Å². The van der Waals surface area contributed by atoms with Crippen LogP contribution in [0.3, 0.4) is 0 Å². The summed E-state index contributed by atoms with van der Waals surface area (Å²) in [6.45, 7) is 3.94. The quantitative estimate of drug-likeness (QED) is 0.134. The number of ether oxygens (including phenoxy) is 1. The van der Waals surface area contributed by atoms with Gasteiger partial charge in [0.25, 0.3) is 0 Å². The van der Waals surface area contributed by atoms with Crippen LogP contribution >= 0.6 is 35.0 Å². The molecule has 0 radical (unpaired) electrons. The minimum Gasteiger partial charge on any atom is -0.489 e. The van der Waals surface area contributed by atoms with Crippen LogP contribution in [0.1, 0.15) is 27.8 Å². The van der Waals surface area contributed by atoms with Crippen LogP contribution in [0.2, 0.25) is 10.0 Å². The Hall–Kier alpha value is -3.07. The number of thioether (sulfide) groups is 1. The lowest BCUT2D eigenvalue weighted by Crippen LogP contribution is -2.11. The van der Waals surface area contributed by atoms with Gasteiger partial charge in [-0.2, -0.15) is 0 Å². The lowest BCUT2D eigenvalue weighted by molar-refractivity contribution is -0.479. The van der Waals surface area contributed by atoms with Crippen LogP contribution in [0.4, 0.5) is 0 Å². The zero-order chi connectivity index (χ0) is 24.9. The largest absolute Gasteiger partial charge is 0.489 e. The Bertz CT molecular complexity index is 1350. The molecule has 10 heteroatoms. The molecule has 0 bridgehead atoms. The Balaban J connectivity index is 1.52. The minimum absolute atomic E-state index is 0.256. The number of nitrogens with zero attached hydrogens (tertiary/aromatic N) is 4. The number of nitro groups is 1. The first-order chi connectivity index (χ1) is 16.8. The van der Waals surface area contributed by atoms with E-state index in [2.05, 4.69) is 10.2 Å². The van der Waals surface area contributed by atoms with Gasteiger partial charge in [0.05, 0.1) is 10.0 Å². The third-order valence-corrected chi connectivity index (χ3v) is 7.18. The molecule has 1 atom stereocenters. The van der Waals surface area contributed by atoms with Gasteiger partial charge in [-0.3, -0.25) is 14.7 Å².